The fourth-order valence-electron chi connectivity index (χ4n) is 1.33. The van der Waals surface area contributed by atoms with E-state index in [4.69, 9.17) is 5.26 Å². The third-order valence-electron chi connectivity index (χ3n) is 2.13. The summed E-state index contributed by atoms with van der Waals surface area (Å²) in [7, 11) is 0. The standard InChI is InChI=1S/C13H7BrFNS/c14-9-4-6-10(7-5-9)17-13-3-1-2-12(15)11(13)8-16/h1-7H. The van der Waals surface area contributed by atoms with Crippen molar-refractivity contribution in [3.05, 3.63) is 58.3 Å². The van der Waals surface area contributed by atoms with Gasteiger partial charge >= 0.3 is 0 Å². The summed E-state index contributed by atoms with van der Waals surface area (Å²) in [6.07, 6.45) is 0. The molecule has 0 aromatic heterocycles. The van der Waals surface area contributed by atoms with E-state index in [1.54, 1.807) is 12.1 Å². The maximum Gasteiger partial charge on any atom is 0.142 e. The van der Waals surface area contributed by atoms with E-state index in [1.807, 2.05) is 30.3 Å². The molecule has 0 radical (unpaired) electrons. The smallest absolute Gasteiger partial charge is 0.142 e. The van der Waals surface area contributed by atoms with Crippen molar-refractivity contribution in [2.45, 2.75) is 9.79 Å². The van der Waals surface area contributed by atoms with E-state index in [2.05, 4.69) is 15.9 Å². The summed E-state index contributed by atoms with van der Waals surface area (Å²) in [5.41, 5.74) is 0.0976. The van der Waals surface area contributed by atoms with Crippen molar-refractivity contribution < 1.29 is 4.39 Å². The van der Waals surface area contributed by atoms with Crippen LogP contribution in [0.3, 0.4) is 0 Å². The summed E-state index contributed by atoms with van der Waals surface area (Å²) in [5.74, 6) is -0.477. The molecule has 0 bridgehead atoms. The second-order valence-electron chi connectivity index (χ2n) is 3.28. The molecule has 4 heteroatoms. The lowest BCUT2D eigenvalue weighted by molar-refractivity contribution is 0.620. The zero-order valence-electron chi connectivity index (χ0n) is 8.65. The zero-order valence-corrected chi connectivity index (χ0v) is 11.1. The second-order valence-corrected chi connectivity index (χ2v) is 5.31. The molecule has 0 fully saturated rings. The fraction of sp³-hybridized carbons (Fsp3) is 0. The monoisotopic (exact) mass is 307 g/mol. The van der Waals surface area contributed by atoms with Gasteiger partial charge in [-0.25, -0.2) is 4.39 Å². The van der Waals surface area contributed by atoms with E-state index in [0.29, 0.717) is 4.90 Å². The molecule has 1 nitrogen and oxygen atoms in total. The molecular weight excluding hydrogens is 301 g/mol. The van der Waals surface area contributed by atoms with Crippen molar-refractivity contribution in [1.29, 1.82) is 5.26 Å². The molecule has 0 unspecified atom stereocenters. The number of nitriles is 1. The lowest BCUT2D eigenvalue weighted by Gasteiger charge is -2.04. The Morgan fingerprint density at radius 3 is 2.47 bits per heavy atom. The first kappa shape index (κ1) is 12.2. The third-order valence-corrected chi connectivity index (χ3v) is 3.73. The van der Waals surface area contributed by atoms with Crippen LogP contribution in [-0.4, -0.2) is 0 Å². The van der Waals surface area contributed by atoms with Crippen LogP contribution in [0.25, 0.3) is 0 Å². The van der Waals surface area contributed by atoms with Crippen LogP contribution in [0.1, 0.15) is 5.56 Å². The lowest BCUT2D eigenvalue weighted by atomic mass is 10.2. The van der Waals surface area contributed by atoms with Crippen LogP contribution in [-0.2, 0) is 0 Å². The summed E-state index contributed by atoms with van der Waals surface area (Å²) < 4.78 is 14.4. The lowest BCUT2D eigenvalue weighted by Crippen LogP contribution is -1.86. The molecule has 0 saturated carbocycles. The molecular formula is C13H7BrFNS. The van der Waals surface area contributed by atoms with Gasteiger partial charge in [-0.2, -0.15) is 5.26 Å². The van der Waals surface area contributed by atoms with Gasteiger partial charge in [0.1, 0.15) is 17.4 Å². The Labute approximate surface area is 111 Å². The van der Waals surface area contributed by atoms with Gasteiger partial charge in [0, 0.05) is 14.3 Å². The Morgan fingerprint density at radius 1 is 1.12 bits per heavy atom. The van der Waals surface area contributed by atoms with Gasteiger partial charge in [-0.05, 0) is 36.4 Å². The second kappa shape index (κ2) is 5.35. The van der Waals surface area contributed by atoms with Gasteiger partial charge in [-0.3, -0.25) is 0 Å². The van der Waals surface area contributed by atoms with E-state index in [1.165, 1.54) is 17.8 Å². The number of halogens is 2. The highest BCUT2D eigenvalue weighted by atomic mass is 79.9. The first-order valence-electron chi connectivity index (χ1n) is 4.83. The molecule has 0 aliphatic heterocycles. The Balaban J connectivity index is 2.34. The van der Waals surface area contributed by atoms with Crippen molar-refractivity contribution >= 4 is 27.7 Å². The average Bonchev–Trinajstić information content (AvgIpc) is 2.32. The zero-order chi connectivity index (χ0) is 12.3. The molecule has 0 amide bonds. The number of nitrogens with zero attached hydrogens (tertiary/aromatic N) is 1. The molecule has 0 spiro atoms. The van der Waals surface area contributed by atoms with E-state index in [0.717, 1.165) is 9.37 Å². The molecule has 0 aliphatic carbocycles. The van der Waals surface area contributed by atoms with E-state index in [9.17, 15) is 4.39 Å². The summed E-state index contributed by atoms with van der Waals surface area (Å²) in [6.45, 7) is 0. The number of benzene rings is 2. The van der Waals surface area contributed by atoms with Crippen LogP contribution < -0.4 is 0 Å². The van der Waals surface area contributed by atoms with Gasteiger partial charge in [-0.15, -0.1) is 0 Å². The number of hydrogen-bond acceptors (Lipinski definition) is 2. The third kappa shape index (κ3) is 2.87. The van der Waals surface area contributed by atoms with Crippen LogP contribution in [0, 0.1) is 17.1 Å². The minimum atomic E-state index is -0.477. The SMILES string of the molecule is N#Cc1c(F)cccc1Sc1ccc(Br)cc1. The normalized spacial score (nSPS) is 9.94. The molecule has 17 heavy (non-hydrogen) atoms. The van der Waals surface area contributed by atoms with Crippen LogP contribution in [0.4, 0.5) is 4.39 Å². The van der Waals surface area contributed by atoms with E-state index < -0.39 is 5.82 Å². The largest absolute Gasteiger partial charge is 0.206 e. The maximum absolute atomic E-state index is 13.4. The molecule has 84 valence electrons. The molecule has 0 N–H and O–H groups in total. The maximum atomic E-state index is 13.4. The summed E-state index contributed by atoms with van der Waals surface area (Å²) in [4.78, 5) is 1.60. The Kier molecular flexibility index (Phi) is 3.82. The summed E-state index contributed by atoms with van der Waals surface area (Å²) in [6, 6.07) is 14.2. The topological polar surface area (TPSA) is 23.8 Å². The van der Waals surface area contributed by atoms with Crippen molar-refractivity contribution in [3.63, 3.8) is 0 Å². The molecule has 0 aliphatic rings. The van der Waals surface area contributed by atoms with Crippen LogP contribution >= 0.6 is 27.7 Å². The summed E-state index contributed by atoms with van der Waals surface area (Å²) >= 11 is 4.73. The van der Waals surface area contributed by atoms with Crippen molar-refractivity contribution in [3.8, 4) is 6.07 Å². The molecule has 2 aromatic rings. The minimum absolute atomic E-state index is 0.0976. The Bertz CT molecular complexity index is 575. The first-order chi connectivity index (χ1) is 8.20. The predicted octanol–water partition coefficient (Wildman–Crippen LogP) is 4.61. The predicted molar refractivity (Wildman–Crippen MR) is 69.4 cm³/mol. The number of hydrogen-bond donors (Lipinski definition) is 0. The molecule has 2 aromatic carbocycles. The van der Waals surface area contributed by atoms with Crippen molar-refractivity contribution in [2.24, 2.45) is 0 Å². The van der Waals surface area contributed by atoms with Crippen LogP contribution in [0.15, 0.2) is 56.7 Å². The minimum Gasteiger partial charge on any atom is -0.206 e. The van der Waals surface area contributed by atoms with Gasteiger partial charge < -0.3 is 0 Å². The quantitative estimate of drug-likeness (QED) is 0.809. The highest BCUT2D eigenvalue weighted by Crippen LogP contribution is 2.31. The fourth-order valence-corrected chi connectivity index (χ4v) is 2.51. The van der Waals surface area contributed by atoms with Crippen molar-refractivity contribution in [2.75, 3.05) is 0 Å². The highest BCUT2D eigenvalue weighted by molar-refractivity contribution is 9.10. The average molecular weight is 308 g/mol. The number of rotatable bonds is 2. The van der Waals surface area contributed by atoms with Gasteiger partial charge in [0.05, 0.1) is 0 Å². The molecule has 0 heterocycles. The van der Waals surface area contributed by atoms with Gasteiger partial charge in [-0.1, -0.05) is 33.8 Å². The van der Waals surface area contributed by atoms with Crippen LogP contribution in [0.2, 0.25) is 0 Å². The van der Waals surface area contributed by atoms with E-state index in [-0.39, 0.29) is 5.56 Å². The first-order valence-corrected chi connectivity index (χ1v) is 6.43. The van der Waals surface area contributed by atoms with E-state index >= 15 is 0 Å². The molecule has 0 saturated heterocycles. The van der Waals surface area contributed by atoms with Crippen LogP contribution in [0.5, 0.6) is 0 Å². The van der Waals surface area contributed by atoms with Gasteiger partial charge in [0.2, 0.25) is 0 Å². The Morgan fingerprint density at radius 2 is 1.82 bits per heavy atom. The van der Waals surface area contributed by atoms with Crippen molar-refractivity contribution in [1.82, 2.24) is 0 Å². The molecule has 2 rings (SSSR count). The van der Waals surface area contributed by atoms with Gasteiger partial charge in [0.25, 0.3) is 0 Å². The Hall–Kier alpha value is -1.31. The summed E-state index contributed by atoms with van der Waals surface area (Å²) in [5, 5.41) is 8.91. The highest BCUT2D eigenvalue weighted by Gasteiger charge is 2.08. The molecule has 0 atom stereocenters. The van der Waals surface area contributed by atoms with Gasteiger partial charge in [0.15, 0.2) is 0 Å².